The molecule has 1 N–H and O–H groups in total. The molecule has 0 bridgehead atoms. The Bertz CT molecular complexity index is 439. The van der Waals surface area contributed by atoms with Gasteiger partial charge >= 0.3 is 0 Å². The van der Waals surface area contributed by atoms with Crippen molar-refractivity contribution in [3.05, 3.63) is 30.1 Å². The maximum atomic E-state index is 9.08. The smallest absolute Gasteiger partial charge is 0.298 e. The average Bonchev–Trinajstić information content (AvgIpc) is 2.69. The van der Waals surface area contributed by atoms with Gasteiger partial charge in [-0.15, -0.1) is 0 Å². The van der Waals surface area contributed by atoms with Gasteiger partial charge in [0.05, 0.1) is 0 Å². The van der Waals surface area contributed by atoms with E-state index < -0.39 is 0 Å². The van der Waals surface area contributed by atoms with Gasteiger partial charge in [0.25, 0.3) is 5.19 Å². The lowest BCUT2D eigenvalue weighted by Gasteiger charge is -1.99. The van der Waals surface area contributed by atoms with Crippen molar-refractivity contribution in [3.63, 3.8) is 0 Å². The summed E-state index contributed by atoms with van der Waals surface area (Å²) < 4.78 is 9.55. The van der Waals surface area contributed by atoms with E-state index in [0.29, 0.717) is 10.9 Å². The number of aromatic hydroxyl groups is 1. The lowest BCUT2D eigenvalue weighted by Crippen LogP contribution is -1.84. The molecular weight excluding hydrogens is 212 g/mol. The van der Waals surface area contributed by atoms with Crippen molar-refractivity contribution < 1.29 is 9.84 Å². The van der Waals surface area contributed by atoms with Crippen LogP contribution in [0.15, 0.2) is 24.3 Å². The van der Waals surface area contributed by atoms with Crippen molar-refractivity contribution in [2.75, 3.05) is 0 Å². The molecule has 15 heavy (non-hydrogen) atoms. The van der Waals surface area contributed by atoms with E-state index in [1.165, 1.54) is 11.5 Å². The zero-order chi connectivity index (χ0) is 10.7. The molecule has 0 aliphatic carbocycles. The van der Waals surface area contributed by atoms with Crippen molar-refractivity contribution in [2.24, 2.45) is 0 Å². The highest BCUT2D eigenvalue weighted by Gasteiger charge is 2.04. The van der Waals surface area contributed by atoms with Crippen LogP contribution >= 0.6 is 11.5 Å². The summed E-state index contributed by atoms with van der Waals surface area (Å²) >= 11 is 1.23. The first-order valence-electron chi connectivity index (χ1n) is 4.57. The molecule has 0 unspecified atom stereocenters. The van der Waals surface area contributed by atoms with Gasteiger partial charge in [-0.25, -0.2) is 0 Å². The lowest BCUT2D eigenvalue weighted by molar-refractivity contribution is 0.462. The predicted molar refractivity (Wildman–Crippen MR) is 57.5 cm³/mol. The summed E-state index contributed by atoms with van der Waals surface area (Å²) in [6.07, 6.45) is 0.801. The molecule has 0 saturated heterocycles. The number of phenolic OH excluding ortho intramolecular Hbond substituents is 1. The number of rotatable bonds is 3. The van der Waals surface area contributed by atoms with Gasteiger partial charge in [0, 0.05) is 18.0 Å². The van der Waals surface area contributed by atoms with Crippen LogP contribution in [0.4, 0.5) is 0 Å². The van der Waals surface area contributed by atoms with E-state index in [9.17, 15) is 0 Å². The Kier molecular flexibility index (Phi) is 2.82. The maximum absolute atomic E-state index is 9.08. The fourth-order valence-electron chi connectivity index (χ4n) is 1.04. The summed E-state index contributed by atoms with van der Waals surface area (Å²) in [6, 6.07) is 6.50. The fraction of sp³-hybridized carbons (Fsp3) is 0.200. The third kappa shape index (κ3) is 2.44. The molecule has 0 atom stereocenters. The van der Waals surface area contributed by atoms with E-state index in [1.807, 2.05) is 6.92 Å². The van der Waals surface area contributed by atoms with E-state index >= 15 is 0 Å². The van der Waals surface area contributed by atoms with Gasteiger partial charge in [-0.1, -0.05) is 6.92 Å². The van der Waals surface area contributed by atoms with Crippen LogP contribution in [0.2, 0.25) is 0 Å². The van der Waals surface area contributed by atoms with E-state index in [0.717, 1.165) is 12.2 Å². The Hall–Kier alpha value is -1.62. The van der Waals surface area contributed by atoms with Crippen LogP contribution in [-0.4, -0.2) is 14.5 Å². The summed E-state index contributed by atoms with van der Waals surface area (Å²) in [5.41, 5.74) is 0. The monoisotopic (exact) mass is 222 g/mol. The molecule has 5 heteroatoms. The van der Waals surface area contributed by atoms with Gasteiger partial charge in [-0.05, 0) is 24.3 Å². The minimum atomic E-state index is 0.217. The highest BCUT2D eigenvalue weighted by molar-refractivity contribution is 7.07. The zero-order valence-electron chi connectivity index (χ0n) is 8.17. The predicted octanol–water partition coefficient (Wildman–Crippen LogP) is 2.60. The summed E-state index contributed by atoms with van der Waals surface area (Å²) in [5.74, 6) is 1.65. The van der Waals surface area contributed by atoms with Crippen LogP contribution in [0.5, 0.6) is 16.7 Å². The Morgan fingerprint density at radius 1 is 1.33 bits per heavy atom. The molecule has 2 rings (SSSR count). The highest BCUT2D eigenvalue weighted by Crippen LogP contribution is 2.24. The van der Waals surface area contributed by atoms with Crippen LogP contribution < -0.4 is 4.74 Å². The molecule has 2 aromatic rings. The number of nitrogens with zero attached hydrogens (tertiary/aromatic N) is 2. The molecule has 0 radical (unpaired) electrons. The number of benzene rings is 1. The molecule has 4 nitrogen and oxygen atoms in total. The molecular formula is C10H10N2O2S. The third-order valence-corrected chi connectivity index (χ3v) is 2.44. The van der Waals surface area contributed by atoms with E-state index in [4.69, 9.17) is 9.84 Å². The Balaban J connectivity index is 2.11. The quantitative estimate of drug-likeness (QED) is 0.867. The highest BCUT2D eigenvalue weighted by atomic mass is 32.1. The van der Waals surface area contributed by atoms with Crippen molar-refractivity contribution in [3.8, 4) is 16.7 Å². The second-order valence-electron chi connectivity index (χ2n) is 2.93. The molecule has 78 valence electrons. The average molecular weight is 222 g/mol. The summed E-state index contributed by atoms with van der Waals surface area (Å²) in [7, 11) is 0. The lowest BCUT2D eigenvalue weighted by atomic mass is 10.3. The minimum absolute atomic E-state index is 0.217. The molecule has 0 amide bonds. The number of aryl methyl sites for hydroxylation is 1. The van der Waals surface area contributed by atoms with Crippen LogP contribution in [-0.2, 0) is 6.42 Å². The second kappa shape index (κ2) is 4.27. The van der Waals surface area contributed by atoms with Crippen molar-refractivity contribution >= 4 is 11.5 Å². The summed E-state index contributed by atoms with van der Waals surface area (Å²) in [5, 5.41) is 9.61. The van der Waals surface area contributed by atoms with Gasteiger partial charge in [-0.3, -0.25) is 0 Å². The van der Waals surface area contributed by atoms with Gasteiger partial charge in [0.1, 0.15) is 17.3 Å². The minimum Gasteiger partial charge on any atom is -0.508 e. The first-order valence-corrected chi connectivity index (χ1v) is 5.34. The normalized spacial score (nSPS) is 10.2. The van der Waals surface area contributed by atoms with Crippen LogP contribution in [0.25, 0.3) is 0 Å². The Morgan fingerprint density at radius 3 is 2.67 bits per heavy atom. The molecule has 0 saturated carbocycles. The number of hydrogen-bond acceptors (Lipinski definition) is 5. The van der Waals surface area contributed by atoms with Gasteiger partial charge < -0.3 is 9.84 Å². The number of phenols is 1. The Morgan fingerprint density at radius 2 is 2.07 bits per heavy atom. The van der Waals surface area contributed by atoms with Crippen molar-refractivity contribution in [2.45, 2.75) is 13.3 Å². The molecule has 0 fully saturated rings. The number of aromatic nitrogens is 2. The standard InChI is InChI=1S/C10H10N2O2S/c1-2-9-11-10(15-12-9)14-8-5-3-7(13)4-6-8/h3-6,13H,2H2,1H3. The molecule has 0 aliphatic heterocycles. The first-order chi connectivity index (χ1) is 7.28. The van der Waals surface area contributed by atoms with Crippen LogP contribution in [0.1, 0.15) is 12.7 Å². The molecule has 1 aromatic heterocycles. The number of ether oxygens (including phenoxy) is 1. The van der Waals surface area contributed by atoms with E-state index in [1.54, 1.807) is 24.3 Å². The van der Waals surface area contributed by atoms with Crippen molar-refractivity contribution in [1.29, 1.82) is 0 Å². The van der Waals surface area contributed by atoms with E-state index in [2.05, 4.69) is 9.36 Å². The van der Waals surface area contributed by atoms with Gasteiger partial charge in [0.2, 0.25) is 0 Å². The summed E-state index contributed by atoms with van der Waals surface area (Å²) in [4.78, 5) is 4.17. The van der Waals surface area contributed by atoms with Crippen LogP contribution in [0, 0.1) is 0 Å². The zero-order valence-corrected chi connectivity index (χ0v) is 8.99. The molecule has 1 aromatic carbocycles. The first kappa shape index (κ1) is 9.92. The topological polar surface area (TPSA) is 55.2 Å². The van der Waals surface area contributed by atoms with Gasteiger partial charge in [-0.2, -0.15) is 9.36 Å². The Labute approximate surface area is 91.3 Å². The number of hydrogen-bond donors (Lipinski definition) is 1. The molecule has 0 spiro atoms. The van der Waals surface area contributed by atoms with Crippen LogP contribution in [0.3, 0.4) is 0 Å². The fourth-order valence-corrected chi connectivity index (χ4v) is 1.67. The molecule has 1 heterocycles. The summed E-state index contributed by atoms with van der Waals surface area (Å²) in [6.45, 7) is 1.99. The molecule has 0 aliphatic rings. The SMILES string of the molecule is CCc1nsc(Oc2ccc(O)cc2)n1. The largest absolute Gasteiger partial charge is 0.508 e. The van der Waals surface area contributed by atoms with E-state index in [-0.39, 0.29) is 5.75 Å². The third-order valence-electron chi connectivity index (χ3n) is 1.81. The second-order valence-corrected chi connectivity index (χ2v) is 3.64. The maximum Gasteiger partial charge on any atom is 0.298 e. The van der Waals surface area contributed by atoms with Crippen molar-refractivity contribution in [1.82, 2.24) is 9.36 Å². The van der Waals surface area contributed by atoms with Gasteiger partial charge in [0.15, 0.2) is 0 Å².